The number of hydrogen-bond acceptors (Lipinski definition) is 2. The first-order valence-electron chi connectivity index (χ1n) is 19.2. The second kappa shape index (κ2) is 17.6. The lowest BCUT2D eigenvalue weighted by molar-refractivity contribution is 1.05. The molecule has 0 saturated carbocycles. The summed E-state index contributed by atoms with van der Waals surface area (Å²) in [5, 5.41) is 0. The van der Waals surface area contributed by atoms with E-state index in [-0.39, 0.29) is 0 Å². The van der Waals surface area contributed by atoms with Crippen LogP contribution in [0.2, 0.25) is 0 Å². The third-order valence-corrected chi connectivity index (χ3v) is 10.3. The molecule has 0 aliphatic heterocycles. The van der Waals surface area contributed by atoms with Crippen LogP contribution in [-0.2, 0) is 13.0 Å². The zero-order valence-electron chi connectivity index (χ0n) is 32.2. The highest BCUT2D eigenvalue weighted by Gasteiger charge is 2.30. The normalized spacial score (nSPS) is 14.5. The fraction of sp³-hybridized carbons (Fsp3) is 0.115. The SMILES string of the molecule is C=C/C=C\C(=C/C)c1ccc(C(=NCc2ccccc2)N=C(N=C)c2cccc3c2C2=C(C3)C(c3ccc(C(=C)c4ncccc4/C=C\C)cc3)=CCC2)cc1. The zero-order valence-corrected chi connectivity index (χ0v) is 32.2. The molecule has 2 aliphatic rings. The average Bonchev–Trinajstić information content (AvgIpc) is 3.64. The van der Waals surface area contributed by atoms with Crippen LogP contribution in [0.3, 0.4) is 0 Å². The van der Waals surface area contributed by atoms with Crippen molar-refractivity contribution in [3.8, 4) is 0 Å². The molecule has 0 amide bonds. The second-order valence-electron chi connectivity index (χ2n) is 13.8. The molecule has 2 aliphatic carbocycles. The van der Waals surface area contributed by atoms with Crippen LogP contribution in [0.1, 0.15) is 82.5 Å². The maximum absolute atomic E-state index is 5.20. The van der Waals surface area contributed by atoms with Crippen LogP contribution in [0.5, 0.6) is 0 Å². The van der Waals surface area contributed by atoms with E-state index in [1.165, 1.54) is 33.4 Å². The maximum atomic E-state index is 5.20. The van der Waals surface area contributed by atoms with E-state index in [9.17, 15) is 0 Å². The van der Waals surface area contributed by atoms with Gasteiger partial charge in [-0.25, -0.2) is 9.98 Å². The Kier molecular flexibility index (Phi) is 11.8. The molecule has 0 radical (unpaired) electrons. The lowest BCUT2D eigenvalue weighted by Crippen LogP contribution is -2.08. The van der Waals surface area contributed by atoms with E-state index >= 15 is 0 Å². The Bertz CT molecular complexity index is 2500. The predicted molar refractivity (Wildman–Crippen MR) is 240 cm³/mol. The van der Waals surface area contributed by atoms with Crippen molar-refractivity contribution in [2.24, 2.45) is 15.0 Å². The van der Waals surface area contributed by atoms with Gasteiger partial charge in [0.2, 0.25) is 0 Å². The summed E-state index contributed by atoms with van der Waals surface area (Å²) in [4.78, 5) is 19.5. The quantitative estimate of drug-likeness (QED) is 0.0759. The Balaban J connectivity index is 1.23. The number of benzene rings is 4. The van der Waals surface area contributed by atoms with Gasteiger partial charge in [0.05, 0.1) is 12.2 Å². The molecule has 56 heavy (non-hydrogen) atoms. The number of hydrogen-bond donors (Lipinski definition) is 0. The van der Waals surface area contributed by atoms with Crippen LogP contribution in [0.4, 0.5) is 0 Å². The van der Waals surface area contributed by atoms with Crippen molar-refractivity contribution < 1.29 is 0 Å². The molecular formula is C52H46N4. The van der Waals surface area contributed by atoms with Gasteiger partial charge in [-0.2, -0.15) is 0 Å². The fourth-order valence-corrected chi connectivity index (χ4v) is 7.58. The number of allylic oxidation sites excluding steroid dienone is 10. The van der Waals surface area contributed by atoms with E-state index in [1.54, 1.807) is 6.08 Å². The fourth-order valence-electron chi connectivity index (χ4n) is 7.58. The monoisotopic (exact) mass is 726 g/mol. The van der Waals surface area contributed by atoms with Gasteiger partial charge < -0.3 is 0 Å². The smallest absolute Gasteiger partial charge is 0.161 e. The molecule has 4 heteroatoms. The predicted octanol–water partition coefficient (Wildman–Crippen LogP) is 12.6. The van der Waals surface area contributed by atoms with Crippen LogP contribution in [0.25, 0.3) is 28.4 Å². The lowest BCUT2D eigenvalue weighted by atomic mass is 9.86. The van der Waals surface area contributed by atoms with E-state index in [0.29, 0.717) is 18.2 Å². The molecule has 0 atom stereocenters. The molecule has 5 aromatic rings. The minimum atomic E-state index is 0.495. The third kappa shape index (κ3) is 8.01. The number of aromatic nitrogens is 1. The molecule has 1 heterocycles. The summed E-state index contributed by atoms with van der Waals surface area (Å²) >= 11 is 0. The number of nitrogens with zero attached hydrogens (tertiary/aromatic N) is 4. The summed E-state index contributed by atoms with van der Waals surface area (Å²) in [6, 6.07) is 37.9. The second-order valence-corrected chi connectivity index (χ2v) is 13.8. The summed E-state index contributed by atoms with van der Waals surface area (Å²) < 4.78 is 0. The van der Waals surface area contributed by atoms with Gasteiger partial charge in [0.1, 0.15) is 0 Å². The Labute approximate surface area is 331 Å². The van der Waals surface area contributed by atoms with Crippen molar-refractivity contribution in [1.82, 2.24) is 4.98 Å². The van der Waals surface area contributed by atoms with Crippen molar-refractivity contribution in [3.05, 3.63) is 226 Å². The topological polar surface area (TPSA) is 50.0 Å². The van der Waals surface area contributed by atoms with Gasteiger partial charge in [-0.3, -0.25) is 9.98 Å². The van der Waals surface area contributed by atoms with Crippen LogP contribution in [-0.4, -0.2) is 23.4 Å². The summed E-state index contributed by atoms with van der Waals surface area (Å²) in [6.45, 7) is 16.8. The lowest BCUT2D eigenvalue weighted by Gasteiger charge is -2.19. The van der Waals surface area contributed by atoms with Gasteiger partial charge in [0.15, 0.2) is 11.7 Å². The Morgan fingerprint density at radius 1 is 0.804 bits per heavy atom. The van der Waals surface area contributed by atoms with Crippen molar-refractivity contribution in [2.45, 2.75) is 39.7 Å². The summed E-state index contributed by atoms with van der Waals surface area (Å²) in [5.74, 6) is 1.19. The molecule has 0 bridgehead atoms. The molecule has 0 unspecified atom stereocenters. The number of rotatable bonds is 11. The summed E-state index contributed by atoms with van der Waals surface area (Å²) in [5.41, 5.74) is 16.9. The van der Waals surface area contributed by atoms with Crippen molar-refractivity contribution in [3.63, 3.8) is 0 Å². The molecule has 0 N–H and O–H groups in total. The van der Waals surface area contributed by atoms with Gasteiger partial charge in [-0.15, -0.1) is 0 Å². The molecule has 4 nitrogen and oxygen atoms in total. The van der Waals surface area contributed by atoms with E-state index in [2.05, 4.69) is 139 Å². The summed E-state index contributed by atoms with van der Waals surface area (Å²) in [6.07, 6.45) is 19.0. The largest absolute Gasteiger partial charge is 0.261 e. The summed E-state index contributed by atoms with van der Waals surface area (Å²) in [7, 11) is 0. The molecular weight excluding hydrogens is 681 g/mol. The van der Waals surface area contributed by atoms with Crippen molar-refractivity contribution in [1.29, 1.82) is 0 Å². The van der Waals surface area contributed by atoms with Crippen molar-refractivity contribution >= 4 is 46.8 Å². The van der Waals surface area contributed by atoms with Crippen LogP contribution >= 0.6 is 0 Å². The van der Waals surface area contributed by atoms with Gasteiger partial charge in [-0.05, 0) is 102 Å². The first-order valence-corrected chi connectivity index (χ1v) is 19.2. The highest BCUT2D eigenvalue weighted by molar-refractivity contribution is 6.15. The molecule has 0 spiro atoms. The van der Waals surface area contributed by atoms with Gasteiger partial charge in [-0.1, -0.05) is 159 Å². The Morgan fingerprint density at radius 3 is 2.30 bits per heavy atom. The minimum Gasteiger partial charge on any atom is -0.261 e. The minimum absolute atomic E-state index is 0.495. The molecule has 1 aromatic heterocycles. The van der Waals surface area contributed by atoms with Gasteiger partial charge in [0.25, 0.3) is 0 Å². The third-order valence-electron chi connectivity index (χ3n) is 10.3. The first-order chi connectivity index (χ1) is 27.5. The first kappa shape index (κ1) is 37.5. The highest BCUT2D eigenvalue weighted by Crippen LogP contribution is 2.46. The van der Waals surface area contributed by atoms with E-state index in [4.69, 9.17) is 9.98 Å². The number of aliphatic imine (C=N–C) groups is 3. The molecule has 0 fully saturated rings. The van der Waals surface area contributed by atoms with E-state index in [1.807, 2.05) is 56.5 Å². The maximum Gasteiger partial charge on any atom is 0.161 e. The van der Waals surface area contributed by atoms with E-state index in [0.717, 1.165) is 69.5 Å². The molecule has 7 rings (SSSR count). The molecule has 4 aromatic carbocycles. The Morgan fingerprint density at radius 2 is 1.57 bits per heavy atom. The van der Waals surface area contributed by atoms with Crippen molar-refractivity contribution in [2.75, 3.05) is 0 Å². The van der Waals surface area contributed by atoms with E-state index < -0.39 is 0 Å². The standard InChI is InChI=1S/C52H46N4/c1-6-9-19-38(8-3)40-27-31-43(32-28-40)51(55-35-37-17-11-10-12-18-37)56-52(53-5)47-24-13-20-44-34-48-45(22-14-23-46(48)49(44)47)41-29-25-39(26-30-41)36(4)50-42(16-7-2)21-15-33-54-50/h6-13,15-22,24-33H,1,4-5,14,23,34-35H2,2-3H3/b16-7-,19-9-,38-8+,55-51?,56-52?. The van der Waals surface area contributed by atoms with Crippen LogP contribution in [0.15, 0.2) is 186 Å². The molecule has 274 valence electrons. The number of amidine groups is 2. The molecule has 0 saturated heterocycles. The highest BCUT2D eigenvalue weighted by atomic mass is 15.0. The van der Waals surface area contributed by atoms with Crippen LogP contribution in [0, 0.1) is 0 Å². The van der Waals surface area contributed by atoms with Gasteiger partial charge in [0, 0.05) is 28.5 Å². The zero-order chi connectivity index (χ0) is 38.9. The number of pyridine rings is 1. The van der Waals surface area contributed by atoms with Crippen LogP contribution < -0.4 is 0 Å². The average molecular weight is 727 g/mol. The van der Waals surface area contributed by atoms with Gasteiger partial charge >= 0.3 is 0 Å². The number of fused-ring (bicyclic) bond motifs is 2. The Hall–Kier alpha value is -6.78.